The number of aliphatic hydroxyl groups is 2. The molecule has 0 aromatic heterocycles. The van der Waals surface area contributed by atoms with Crippen molar-refractivity contribution in [2.45, 2.75) is 19.3 Å². The zero-order valence-corrected chi connectivity index (χ0v) is 25.3. The number of primary amides is 1. The van der Waals surface area contributed by atoms with E-state index in [4.69, 9.17) is 56.3 Å². The number of hydroxylamine groups is 1. The first-order valence-corrected chi connectivity index (χ1v) is 15.6. The lowest BCUT2D eigenvalue weighted by Gasteiger charge is -2.08. The van der Waals surface area contributed by atoms with E-state index in [1.165, 1.54) is 5.48 Å². The lowest BCUT2D eigenvalue weighted by atomic mass is 10.2. The van der Waals surface area contributed by atoms with Crippen LogP contribution in [0.5, 0.6) is 11.5 Å². The number of hydrogen-bond donors (Lipinski definition) is 11. The largest absolute Gasteiger partial charge is 0.494 e. The van der Waals surface area contributed by atoms with Crippen molar-refractivity contribution >= 4 is 37.9 Å². The molecule has 20 heteroatoms. The number of hydrogen-bond acceptors (Lipinski definition) is 12. The van der Waals surface area contributed by atoms with Crippen molar-refractivity contribution in [1.82, 2.24) is 5.48 Å². The van der Waals surface area contributed by atoms with E-state index in [1.54, 1.807) is 24.3 Å². The number of nitrogens with two attached hydrogens (primary N) is 3. The molecular weight excluding hydrogens is 628 g/mol. The van der Waals surface area contributed by atoms with Gasteiger partial charge in [0.25, 0.3) is 20.2 Å². The Kier molecular flexibility index (Phi) is 22.4. The summed E-state index contributed by atoms with van der Waals surface area (Å²) < 4.78 is 65.5. The van der Waals surface area contributed by atoms with Gasteiger partial charge in [0.2, 0.25) is 0 Å². The van der Waals surface area contributed by atoms with E-state index >= 15 is 0 Å². The van der Waals surface area contributed by atoms with Crippen LogP contribution >= 0.6 is 0 Å². The first kappa shape index (κ1) is 42.1. The molecule has 250 valence electrons. The molecule has 18 nitrogen and oxygen atoms in total. The summed E-state index contributed by atoms with van der Waals surface area (Å²) in [5.41, 5.74) is 17.7. The van der Waals surface area contributed by atoms with Crippen LogP contribution in [0.25, 0.3) is 0 Å². The van der Waals surface area contributed by atoms with Crippen molar-refractivity contribution in [2.24, 2.45) is 17.2 Å². The molecule has 2 rings (SSSR count). The molecule has 0 unspecified atom stereocenters. The molecule has 44 heavy (non-hydrogen) atoms. The monoisotopic (exact) mass is 668 g/mol. The van der Waals surface area contributed by atoms with Gasteiger partial charge in [0.1, 0.15) is 23.2 Å². The number of carbonyl (C=O) groups excluding carboxylic acids is 1. The number of nitrogens with one attached hydrogen (secondary N) is 3. The minimum atomic E-state index is -3.92. The minimum Gasteiger partial charge on any atom is -0.494 e. The molecule has 0 aliphatic heterocycles. The summed E-state index contributed by atoms with van der Waals surface area (Å²) in [6.07, 6.45) is 2.90. The van der Waals surface area contributed by atoms with Gasteiger partial charge in [-0.3, -0.25) is 25.1 Å². The van der Waals surface area contributed by atoms with Crippen LogP contribution in [0, 0.1) is 10.8 Å². The summed E-state index contributed by atoms with van der Waals surface area (Å²) in [4.78, 5) is 9.23. The molecule has 0 radical (unpaired) electrons. The van der Waals surface area contributed by atoms with Gasteiger partial charge in [0, 0.05) is 11.1 Å². The molecule has 0 fully saturated rings. The number of benzene rings is 2. The molecule has 0 aliphatic rings. The van der Waals surface area contributed by atoms with Crippen LogP contribution in [0.3, 0.4) is 0 Å². The summed E-state index contributed by atoms with van der Waals surface area (Å²) in [5.74, 6) is 0.531. The van der Waals surface area contributed by atoms with Crippen LogP contribution in [0.2, 0.25) is 0 Å². The van der Waals surface area contributed by atoms with Crippen molar-refractivity contribution in [3.05, 3.63) is 59.7 Å². The van der Waals surface area contributed by atoms with Crippen LogP contribution in [-0.2, 0) is 20.2 Å². The lowest BCUT2D eigenvalue weighted by Crippen LogP contribution is -2.25. The highest BCUT2D eigenvalue weighted by Gasteiger charge is 2.01. The molecule has 0 aliphatic carbocycles. The maximum absolute atomic E-state index is 9.63. The number of rotatable bonds is 14. The fourth-order valence-corrected chi connectivity index (χ4v) is 2.91. The number of urea groups is 1. The zero-order valence-electron chi connectivity index (χ0n) is 23.6. The average Bonchev–Trinajstić information content (AvgIpc) is 2.92. The molecule has 0 spiro atoms. The second kappa shape index (κ2) is 23.4. The summed E-state index contributed by atoms with van der Waals surface area (Å²) in [7, 11) is -7.85. The van der Waals surface area contributed by atoms with Gasteiger partial charge < -0.3 is 36.9 Å². The third-order valence-electron chi connectivity index (χ3n) is 4.47. The van der Waals surface area contributed by atoms with Crippen LogP contribution in [0.15, 0.2) is 48.5 Å². The van der Waals surface area contributed by atoms with Gasteiger partial charge in [0.15, 0.2) is 0 Å². The van der Waals surface area contributed by atoms with Gasteiger partial charge in [0.05, 0.1) is 37.9 Å². The second-order valence-corrected chi connectivity index (χ2v) is 11.3. The highest BCUT2D eigenvalue weighted by atomic mass is 32.2. The van der Waals surface area contributed by atoms with Gasteiger partial charge in [-0.15, -0.1) is 0 Å². The molecule has 0 bridgehead atoms. The molecule has 0 atom stereocenters. The average molecular weight is 669 g/mol. The molecule has 0 saturated heterocycles. The molecule has 0 heterocycles. The predicted molar refractivity (Wildman–Crippen MR) is 161 cm³/mol. The first-order chi connectivity index (χ1) is 20.4. The number of ether oxygens (including phenoxy) is 2. The van der Waals surface area contributed by atoms with E-state index < -0.39 is 51.0 Å². The third kappa shape index (κ3) is 26.8. The van der Waals surface area contributed by atoms with Crippen molar-refractivity contribution < 1.29 is 55.6 Å². The standard InChI is InChI=1S/C19H24N4O2.2C2H6O4S.CH4N2O2/c20-18(21)14-4-8-16(9-5-14)24-12-2-1-3-13-25-17-10-6-15(7-11-17)19(22)23;2*3-1-2-7(4,5)6;2-1(4)3-5/h4-11H,1-3,12-13H2,(H3,20,21)(H3,22,23);2*3H,1-2H2,(H,4,5,6);5H,(H3,2,3,4). The number of unbranched alkanes of at least 4 members (excludes halogenated alkanes) is 2. The Morgan fingerprint density at radius 1 is 0.682 bits per heavy atom. The Balaban J connectivity index is 0. The summed E-state index contributed by atoms with van der Waals surface area (Å²) in [6.45, 7) is 0.233. The van der Waals surface area contributed by atoms with E-state index in [0.29, 0.717) is 24.3 Å². The summed E-state index contributed by atoms with van der Waals surface area (Å²) in [6, 6.07) is 13.5. The van der Waals surface area contributed by atoms with E-state index in [9.17, 15) is 21.6 Å². The van der Waals surface area contributed by atoms with Gasteiger partial charge in [-0.2, -0.15) is 16.8 Å². The number of amides is 2. The van der Waals surface area contributed by atoms with Gasteiger partial charge >= 0.3 is 6.03 Å². The highest BCUT2D eigenvalue weighted by molar-refractivity contribution is 7.86. The van der Waals surface area contributed by atoms with E-state index in [2.05, 4.69) is 5.73 Å². The Morgan fingerprint density at radius 3 is 1.16 bits per heavy atom. The van der Waals surface area contributed by atoms with Crippen molar-refractivity contribution in [1.29, 1.82) is 10.8 Å². The smallest absolute Gasteiger partial charge is 0.335 e. The molecule has 2 aromatic carbocycles. The van der Waals surface area contributed by atoms with Crippen LogP contribution in [0.1, 0.15) is 30.4 Å². The summed E-state index contributed by atoms with van der Waals surface area (Å²) in [5, 5.41) is 37.8. The van der Waals surface area contributed by atoms with Gasteiger partial charge in [-0.1, -0.05) is 0 Å². The number of aliphatic hydroxyl groups excluding tert-OH is 2. The van der Waals surface area contributed by atoms with Gasteiger partial charge in [-0.05, 0) is 67.8 Å². The fraction of sp³-hybridized carbons (Fsp3) is 0.375. The molecule has 2 amide bonds. The van der Waals surface area contributed by atoms with Gasteiger partial charge in [-0.25, -0.2) is 10.3 Å². The van der Waals surface area contributed by atoms with E-state index in [1.807, 2.05) is 24.3 Å². The SMILES string of the molecule is N=C(N)c1ccc(OCCCCCOc2ccc(C(=N)N)cc2)cc1.NC(=O)NO.O=S(=O)(O)CCO.O=S(=O)(O)CCO. The van der Waals surface area contributed by atoms with E-state index in [-0.39, 0.29) is 11.7 Å². The Hall–Kier alpha value is -4.05. The molecular formula is C24H40N6O12S2. The van der Waals surface area contributed by atoms with Crippen molar-refractivity contribution in [3.8, 4) is 11.5 Å². The maximum atomic E-state index is 9.63. The topological polar surface area (TPSA) is 343 Å². The Morgan fingerprint density at radius 2 is 0.977 bits per heavy atom. The quantitative estimate of drug-likeness (QED) is 0.0306. The highest BCUT2D eigenvalue weighted by Crippen LogP contribution is 2.14. The predicted octanol–water partition coefficient (Wildman–Crippen LogP) is -0.340. The third-order valence-corrected chi connectivity index (χ3v) is 5.86. The van der Waals surface area contributed by atoms with E-state index in [0.717, 1.165) is 30.8 Å². The zero-order chi connectivity index (χ0) is 34.2. The lowest BCUT2D eigenvalue weighted by molar-refractivity contribution is 0.169. The Labute approximate surface area is 255 Å². The van der Waals surface area contributed by atoms with Crippen LogP contribution in [0.4, 0.5) is 4.79 Å². The molecule has 0 saturated carbocycles. The molecule has 14 N–H and O–H groups in total. The number of carbonyl (C=O) groups is 1. The minimum absolute atomic E-state index is 0.0579. The Bertz CT molecular complexity index is 1230. The summed E-state index contributed by atoms with van der Waals surface area (Å²) >= 11 is 0. The normalized spacial score (nSPS) is 10.3. The van der Waals surface area contributed by atoms with Crippen molar-refractivity contribution in [2.75, 3.05) is 37.9 Å². The van der Waals surface area contributed by atoms with Crippen LogP contribution < -0.4 is 32.2 Å². The van der Waals surface area contributed by atoms with Crippen molar-refractivity contribution in [3.63, 3.8) is 0 Å². The number of amidine groups is 2. The van der Waals surface area contributed by atoms with Crippen LogP contribution in [-0.4, -0.2) is 97.0 Å². The molecule has 2 aromatic rings. The number of nitrogen functional groups attached to an aromatic ring is 2. The first-order valence-electron chi connectivity index (χ1n) is 12.4. The second-order valence-electron chi connectivity index (χ2n) is 8.13. The maximum Gasteiger partial charge on any atom is 0.335 e. The fourth-order valence-electron chi connectivity index (χ4n) is 2.45.